The third-order valence-corrected chi connectivity index (χ3v) is 5.38. The van der Waals surface area contributed by atoms with Crippen molar-refractivity contribution in [3.8, 4) is 0 Å². The molecule has 0 rings (SSSR count). The van der Waals surface area contributed by atoms with Gasteiger partial charge in [0.05, 0.1) is 22.0 Å². The van der Waals surface area contributed by atoms with Crippen LogP contribution in [0.4, 0.5) is 39.5 Å². The topological polar surface area (TPSA) is 115 Å². The van der Waals surface area contributed by atoms with E-state index in [4.69, 9.17) is 5.11 Å². The van der Waals surface area contributed by atoms with Gasteiger partial charge in [-0.05, 0) is 0 Å². The van der Waals surface area contributed by atoms with Crippen LogP contribution in [-0.4, -0.2) is 79.5 Å². The van der Waals surface area contributed by atoms with Gasteiger partial charge in [-0.25, -0.2) is 16.8 Å². The molecule has 0 spiro atoms. The van der Waals surface area contributed by atoms with Crippen LogP contribution in [0.15, 0.2) is 0 Å². The number of nitrogens with zero attached hydrogens (tertiary/aromatic N) is 1. The second-order valence-electron chi connectivity index (χ2n) is 4.83. The van der Waals surface area contributed by atoms with Crippen molar-refractivity contribution in [1.82, 2.24) is 4.31 Å². The van der Waals surface area contributed by atoms with Crippen LogP contribution < -0.4 is 29.6 Å². The second kappa shape index (κ2) is 8.49. The fourth-order valence-corrected chi connectivity index (χ4v) is 3.19. The molecule has 0 aromatic rings. The van der Waals surface area contributed by atoms with Crippen molar-refractivity contribution in [2.75, 3.05) is 19.3 Å². The molecule has 0 aliphatic carbocycles. The summed E-state index contributed by atoms with van der Waals surface area (Å²) in [5, 5.41) is 2.01. The molecule has 0 fully saturated rings. The number of hydrogen-bond donors (Lipinski definition) is 1. The van der Waals surface area contributed by atoms with Crippen molar-refractivity contribution in [3.63, 3.8) is 0 Å². The zero-order chi connectivity index (χ0) is 21.6. The average molecular weight is 473 g/mol. The van der Waals surface area contributed by atoms with Crippen LogP contribution in [-0.2, 0) is 20.1 Å². The van der Waals surface area contributed by atoms with Crippen LogP contribution in [0.2, 0.25) is 0 Å². The Hall–Kier alpha value is 0.150. The number of rotatable bonds is 8. The van der Waals surface area contributed by atoms with Gasteiger partial charge in [0, 0.05) is 13.6 Å². The number of hydrogen-bond acceptors (Lipinski definition) is 6. The summed E-state index contributed by atoms with van der Waals surface area (Å²) in [7, 11) is -12.3. The van der Waals surface area contributed by atoms with Crippen LogP contribution in [0.5, 0.6) is 0 Å². The maximum absolute atomic E-state index is 13.4. The maximum Gasteiger partial charge on any atom is 1.00 e. The van der Waals surface area contributed by atoms with E-state index in [1.807, 2.05) is 0 Å². The van der Waals surface area contributed by atoms with Gasteiger partial charge in [-0.1, -0.05) is 0 Å². The number of sulfonamides is 1. The molecule has 27 heavy (non-hydrogen) atoms. The van der Waals surface area contributed by atoms with Gasteiger partial charge >= 0.3 is 52.8 Å². The average Bonchev–Trinajstić information content (AvgIpc) is 2.33. The molecule has 1 atom stereocenters. The molecule has 19 heteroatoms. The van der Waals surface area contributed by atoms with Gasteiger partial charge in [0.15, 0.2) is 0 Å². The van der Waals surface area contributed by atoms with Crippen molar-refractivity contribution in [2.24, 2.45) is 0 Å². The summed E-state index contributed by atoms with van der Waals surface area (Å²) in [6.07, 6.45) is -9.81. The summed E-state index contributed by atoms with van der Waals surface area (Å²) in [5.41, 5.74) is 0. The summed E-state index contributed by atoms with van der Waals surface area (Å²) in [6, 6.07) is 0. The third kappa shape index (κ3) is 5.83. The van der Waals surface area contributed by atoms with Crippen molar-refractivity contribution in [1.29, 1.82) is 0 Å². The Morgan fingerprint density at radius 1 is 0.926 bits per heavy atom. The van der Waals surface area contributed by atoms with Crippen LogP contribution in [0.25, 0.3) is 0 Å². The fraction of sp³-hybridized carbons (Fsp3) is 1.00. The molecule has 0 bridgehead atoms. The number of aliphatic hydroxyl groups is 1. The van der Waals surface area contributed by atoms with E-state index in [9.17, 15) is 60.9 Å². The summed E-state index contributed by atoms with van der Waals surface area (Å²) in [4.78, 5) is 0. The van der Waals surface area contributed by atoms with Crippen LogP contribution >= 0.6 is 0 Å². The third-order valence-electron chi connectivity index (χ3n) is 2.71. The first kappa shape index (κ1) is 29.4. The quantitative estimate of drug-likeness (QED) is 0.239. The van der Waals surface area contributed by atoms with E-state index in [0.29, 0.717) is 0 Å². The van der Waals surface area contributed by atoms with E-state index >= 15 is 0 Å². The first-order valence-corrected chi connectivity index (χ1v) is 8.82. The summed E-state index contributed by atoms with van der Waals surface area (Å²) >= 11 is 0. The van der Waals surface area contributed by atoms with Crippen molar-refractivity contribution in [2.45, 2.75) is 29.4 Å². The number of alkyl halides is 9. The summed E-state index contributed by atoms with van der Waals surface area (Å²) < 4.78 is 167. The molecule has 158 valence electrons. The van der Waals surface area contributed by atoms with Gasteiger partial charge in [-0.2, -0.15) is 43.8 Å². The summed E-state index contributed by atoms with van der Waals surface area (Å²) in [5.74, 6) is -16.7. The number of likely N-dealkylation sites (N-methyl/N-ethyl adjacent to an activating group) is 1. The van der Waals surface area contributed by atoms with E-state index in [0.717, 1.165) is 0 Å². The summed E-state index contributed by atoms with van der Waals surface area (Å²) in [6.45, 7) is -1.80. The predicted octanol–water partition coefficient (Wildman–Crippen LogP) is -2.42. The Labute approximate surface area is 168 Å². The Morgan fingerprint density at radius 2 is 1.30 bits per heavy atom. The predicted molar refractivity (Wildman–Crippen MR) is 63.0 cm³/mol. The molecule has 0 amide bonds. The molecule has 0 heterocycles. The molecule has 0 radical (unpaired) electrons. The van der Waals surface area contributed by atoms with Gasteiger partial charge in [-0.15, -0.1) is 0 Å². The molecule has 0 aliphatic heterocycles. The van der Waals surface area contributed by atoms with E-state index in [1.165, 1.54) is 0 Å². The Balaban J connectivity index is 0. The standard InChI is InChI=1S/C8H10F9NO6S2.Na/c1-18(2-4(19)3-25(20,21)22)26(23,24)8(16,17)6(11,12)5(9,10)7(13,14)15;/h4,19H,2-3H2,1H3,(H,20,21,22);/q;+1/p-1. The maximum atomic E-state index is 13.4. The first-order valence-electron chi connectivity index (χ1n) is 5.80. The minimum atomic E-state index is -7.47. The molecule has 7 nitrogen and oxygen atoms in total. The zero-order valence-electron chi connectivity index (χ0n) is 13.1. The monoisotopic (exact) mass is 473 g/mol. The van der Waals surface area contributed by atoms with Gasteiger partial charge in [0.25, 0.3) is 10.0 Å². The second-order valence-corrected chi connectivity index (χ2v) is 8.36. The molecular formula is C8H9F9NNaO6S2. The zero-order valence-corrected chi connectivity index (χ0v) is 16.8. The first-order chi connectivity index (χ1) is 11.0. The largest absolute Gasteiger partial charge is 1.00 e. The molecule has 0 saturated heterocycles. The van der Waals surface area contributed by atoms with Crippen molar-refractivity contribution >= 4 is 20.1 Å². The van der Waals surface area contributed by atoms with Gasteiger partial charge in [0.2, 0.25) is 0 Å². The molecule has 0 aliphatic rings. The van der Waals surface area contributed by atoms with Crippen LogP contribution in [0, 0.1) is 0 Å². The van der Waals surface area contributed by atoms with Gasteiger partial charge in [0.1, 0.15) is 0 Å². The van der Waals surface area contributed by atoms with Gasteiger partial charge < -0.3 is 9.66 Å². The molecule has 0 aromatic heterocycles. The van der Waals surface area contributed by atoms with Crippen molar-refractivity contribution in [3.05, 3.63) is 0 Å². The van der Waals surface area contributed by atoms with Crippen LogP contribution in [0.3, 0.4) is 0 Å². The molecular weight excluding hydrogens is 464 g/mol. The Morgan fingerprint density at radius 3 is 1.59 bits per heavy atom. The number of halogens is 9. The molecule has 1 N–H and O–H groups in total. The van der Waals surface area contributed by atoms with Gasteiger partial charge in [-0.3, -0.25) is 0 Å². The minimum Gasteiger partial charge on any atom is -0.748 e. The molecule has 0 aromatic carbocycles. The molecule has 1 unspecified atom stereocenters. The van der Waals surface area contributed by atoms with Crippen LogP contribution in [0.1, 0.15) is 0 Å². The Bertz CT molecular complexity index is 723. The van der Waals surface area contributed by atoms with E-state index in [-0.39, 0.29) is 36.6 Å². The SMILES string of the molecule is CN(CC(O)CS(=O)(=O)[O-])S(=O)(=O)C(F)(F)C(F)(F)C(F)(F)C(F)(F)F.[Na+]. The smallest absolute Gasteiger partial charge is 0.748 e. The fourth-order valence-electron chi connectivity index (χ4n) is 1.40. The van der Waals surface area contributed by atoms with E-state index in [2.05, 4.69) is 0 Å². The Kier molecular flexibility index (Phi) is 9.22. The minimum absolute atomic E-state index is 0. The molecule has 0 saturated carbocycles. The number of aliphatic hydroxyl groups excluding tert-OH is 1. The van der Waals surface area contributed by atoms with E-state index < -0.39 is 66.1 Å². The van der Waals surface area contributed by atoms with Crippen molar-refractivity contribution < 1.29 is 95.6 Å². The van der Waals surface area contributed by atoms with E-state index in [1.54, 1.807) is 0 Å². The normalized spacial score (nSPS) is 16.2.